The summed E-state index contributed by atoms with van der Waals surface area (Å²) < 4.78 is 54.8. The molecule has 2 aromatic rings. The maximum Gasteiger partial charge on any atom is 0.409 e. The third-order valence-corrected chi connectivity index (χ3v) is 8.30. The summed E-state index contributed by atoms with van der Waals surface area (Å²) in [5.74, 6) is -0.126. The quantitative estimate of drug-likeness (QED) is 0.0710. The highest BCUT2D eigenvalue weighted by atomic mass is 16.6. The molecule has 0 aliphatic heterocycles. The fourth-order valence-electron chi connectivity index (χ4n) is 5.44. The topological polar surface area (TPSA) is 130 Å². The lowest BCUT2D eigenvalue weighted by atomic mass is 9.98. The Morgan fingerprint density at radius 1 is 0.528 bits per heavy atom. The summed E-state index contributed by atoms with van der Waals surface area (Å²) in [4.78, 5) is 25.6. The number of fused-ring (bicyclic) bond motifs is 3. The molecule has 53 heavy (non-hydrogen) atoms. The molecule has 0 heterocycles. The second-order valence-electron chi connectivity index (χ2n) is 12.3. The third kappa shape index (κ3) is 19.1. The van der Waals surface area contributed by atoms with Crippen LogP contribution in [0.25, 0.3) is 11.1 Å². The van der Waals surface area contributed by atoms with Gasteiger partial charge in [-0.15, -0.1) is 0 Å². The molecule has 0 aromatic heterocycles. The van der Waals surface area contributed by atoms with E-state index in [0.29, 0.717) is 125 Å². The van der Waals surface area contributed by atoms with Crippen molar-refractivity contribution in [2.24, 2.45) is 0 Å². The Balaban J connectivity index is 0.990. The molecule has 0 bridgehead atoms. The summed E-state index contributed by atoms with van der Waals surface area (Å²) in [5.41, 5.74) is 4.79. The molecule has 0 atom stereocenters. The van der Waals surface area contributed by atoms with Gasteiger partial charge in [-0.3, -0.25) is 4.79 Å². The molecule has 0 unspecified atom stereocenters. The van der Waals surface area contributed by atoms with Crippen molar-refractivity contribution in [1.29, 1.82) is 0 Å². The van der Waals surface area contributed by atoms with Gasteiger partial charge in [-0.05, 0) is 28.7 Å². The van der Waals surface area contributed by atoms with Crippen LogP contribution in [-0.4, -0.2) is 149 Å². The van der Waals surface area contributed by atoms with E-state index in [1.807, 2.05) is 24.3 Å². The predicted molar refractivity (Wildman–Crippen MR) is 199 cm³/mol. The summed E-state index contributed by atoms with van der Waals surface area (Å²) in [7, 11) is 1.71. The number of unbranched alkanes of at least 4 members (excludes halogenated alkanes) is 2. The second kappa shape index (κ2) is 29.2. The van der Waals surface area contributed by atoms with Gasteiger partial charge in [0.25, 0.3) is 0 Å². The number of esters is 1. The van der Waals surface area contributed by atoms with Crippen LogP contribution >= 0.6 is 0 Å². The van der Waals surface area contributed by atoms with E-state index in [0.717, 1.165) is 19.3 Å². The number of carbonyl (C=O) groups excluding carboxylic acids is 2. The average Bonchev–Trinajstić information content (AvgIpc) is 3.50. The zero-order valence-corrected chi connectivity index (χ0v) is 31.8. The molecule has 0 saturated heterocycles. The van der Waals surface area contributed by atoms with Gasteiger partial charge >= 0.3 is 12.1 Å². The number of benzene rings is 2. The van der Waals surface area contributed by atoms with Crippen LogP contribution in [0, 0.1) is 0 Å². The first kappa shape index (κ1) is 44.3. The van der Waals surface area contributed by atoms with E-state index >= 15 is 0 Å². The number of hydrogen-bond donors (Lipinski definition) is 0. The molecule has 0 saturated carbocycles. The smallest absolute Gasteiger partial charge is 0.409 e. The lowest BCUT2D eigenvalue weighted by molar-refractivity contribution is -0.145. The molecule has 0 radical (unpaired) electrons. The average molecular weight is 748 g/mol. The first-order chi connectivity index (χ1) is 26.1. The summed E-state index contributed by atoms with van der Waals surface area (Å²) in [6.45, 7) is 10.4. The number of ether oxygens (including phenoxy) is 10. The van der Waals surface area contributed by atoms with Crippen molar-refractivity contribution >= 4 is 12.1 Å². The van der Waals surface area contributed by atoms with E-state index in [2.05, 4.69) is 31.2 Å². The molecule has 0 N–H and O–H groups in total. The van der Waals surface area contributed by atoms with Crippen LogP contribution in [0.3, 0.4) is 0 Å². The van der Waals surface area contributed by atoms with Crippen molar-refractivity contribution in [2.45, 2.75) is 38.5 Å². The molecule has 0 fully saturated rings. The van der Waals surface area contributed by atoms with Crippen LogP contribution in [0.4, 0.5) is 4.79 Å². The largest absolute Gasteiger partial charge is 0.463 e. The summed E-state index contributed by atoms with van der Waals surface area (Å²) in [6.07, 6.45) is 3.11. The highest BCUT2D eigenvalue weighted by Crippen LogP contribution is 2.44. The lowest BCUT2D eigenvalue weighted by Crippen LogP contribution is -2.32. The predicted octanol–water partition coefficient (Wildman–Crippen LogP) is 5.12. The highest BCUT2D eigenvalue weighted by Gasteiger charge is 2.29. The normalized spacial score (nSPS) is 12.1. The van der Waals surface area contributed by atoms with Crippen molar-refractivity contribution in [1.82, 2.24) is 4.90 Å². The molecule has 1 aliphatic rings. The Labute approximate surface area is 315 Å². The molecule has 13 heteroatoms. The van der Waals surface area contributed by atoms with Gasteiger partial charge in [0.15, 0.2) is 0 Å². The Kier molecular flexibility index (Phi) is 24.4. The number of amides is 1. The molecule has 13 nitrogen and oxygen atoms in total. The minimum absolute atomic E-state index is 0.0371. The van der Waals surface area contributed by atoms with Crippen LogP contribution in [-0.2, 0) is 52.2 Å². The molecule has 3 rings (SSSR count). The van der Waals surface area contributed by atoms with E-state index in [4.69, 9.17) is 47.4 Å². The van der Waals surface area contributed by atoms with Crippen molar-refractivity contribution in [3.05, 3.63) is 59.7 Å². The lowest BCUT2D eigenvalue weighted by Gasteiger charge is -2.19. The van der Waals surface area contributed by atoms with Gasteiger partial charge in [0.1, 0.15) is 13.2 Å². The van der Waals surface area contributed by atoms with E-state index in [1.165, 1.54) is 27.2 Å². The molecule has 0 spiro atoms. The van der Waals surface area contributed by atoms with Crippen molar-refractivity contribution in [2.75, 3.05) is 133 Å². The Bertz CT molecular complexity index is 1200. The minimum Gasteiger partial charge on any atom is -0.463 e. The monoisotopic (exact) mass is 747 g/mol. The van der Waals surface area contributed by atoms with Gasteiger partial charge in [0.05, 0.1) is 106 Å². The van der Waals surface area contributed by atoms with Crippen molar-refractivity contribution in [3.8, 4) is 11.1 Å². The van der Waals surface area contributed by atoms with Crippen LogP contribution in [0.5, 0.6) is 0 Å². The Morgan fingerprint density at radius 2 is 0.925 bits per heavy atom. The van der Waals surface area contributed by atoms with Crippen LogP contribution < -0.4 is 0 Å². The Morgan fingerprint density at radius 3 is 1.36 bits per heavy atom. The maximum atomic E-state index is 12.6. The van der Waals surface area contributed by atoms with Gasteiger partial charge in [-0.25, -0.2) is 4.79 Å². The van der Waals surface area contributed by atoms with E-state index in [-0.39, 0.29) is 24.6 Å². The van der Waals surface area contributed by atoms with Crippen LogP contribution in [0.2, 0.25) is 0 Å². The molecule has 1 amide bonds. The van der Waals surface area contributed by atoms with Gasteiger partial charge in [-0.2, -0.15) is 0 Å². The minimum atomic E-state index is -0.366. The summed E-state index contributed by atoms with van der Waals surface area (Å²) in [6, 6.07) is 16.6. The van der Waals surface area contributed by atoms with Crippen LogP contribution in [0.15, 0.2) is 48.5 Å². The first-order valence-corrected chi connectivity index (χ1v) is 19.0. The number of likely N-dealkylation sites (N-methyl/N-ethyl adjacent to an activating group) is 1. The van der Waals surface area contributed by atoms with Gasteiger partial charge in [0.2, 0.25) is 0 Å². The molecular formula is C40H61NO12. The third-order valence-electron chi connectivity index (χ3n) is 8.30. The number of nitrogens with zero attached hydrogens (tertiary/aromatic N) is 1. The Hall–Kier alpha value is -3.14. The number of rotatable bonds is 33. The van der Waals surface area contributed by atoms with Crippen LogP contribution in [0.1, 0.15) is 49.7 Å². The van der Waals surface area contributed by atoms with Gasteiger partial charge < -0.3 is 52.3 Å². The number of carbonyl (C=O) groups is 2. The summed E-state index contributed by atoms with van der Waals surface area (Å²) >= 11 is 0. The first-order valence-electron chi connectivity index (χ1n) is 19.0. The standard InChI is InChI=1S/C40H61NO12/c1-3-4-5-14-39(42)52-32-31-51-30-29-50-28-27-49-26-25-48-24-23-47-22-21-46-20-19-45-18-17-44-16-15-41(2)40(43)53-33-38-36-12-8-6-10-34(36)35-11-7-9-13-37(35)38/h6-13,38H,3-5,14-33H2,1-2H3. The molecule has 1 aliphatic carbocycles. The summed E-state index contributed by atoms with van der Waals surface area (Å²) in [5, 5.41) is 0. The van der Waals surface area contributed by atoms with E-state index in [1.54, 1.807) is 7.05 Å². The van der Waals surface area contributed by atoms with Gasteiger partial charge in [-0.1, -0.05) is 68.3 Å². The maximum absolute atomic E-state index is 12.6. The van der Waals surface area contributed by atoms with Crippen molar-refractivity contribution < 1.29 is 57.0 Å². The van der Waals surface area contributed by atoms with E-state index < -0.39 is 0 Å². The molecular weight excluding hydrogens is 686 g/mol. The second-order valence-corrected chi connectivity index (χ2v) is 12.3. The zero-order valence-electron chi connectivity index (χ0n) is 31.8. The van der Waals surface area contributed by atoms with E-state index in [9.17, 15) is 9.59 Å². The number of hydrogen-bond acceptors (Lipinski definition) is 12. The fraction of sp³-hybridized carbons (Fsp3) is 0.650. The van der Waals surface area contributed by atoms with Gasteiger partial charge in [0, 0.05) is 25.9 Å². The molecule has 2 aromatic carbocycles. The zero-order chi connectivity index (χ0) is 37.6. The SMILES string of the molecule is CCCCCC(=O)OCCOCCOCCOCCOCCOCCOCCOCCOCCN(C)C(=O)OCC1c2ccccc2-c2ccccc21. The highest BCUT2D eigenvalue weighted by molar-refractivity contribution is 5.79. The fourth-order valence-corrected chi connectivity index (χ4v) is 5.44. The van der Waals surface area contributed by atoms with Crippen molar-refractivity contribution in [3.63, 3.8) is 0 Å². The molecule has 298 valence electrons.